The molecule has 0 aromatic heterocycles. The molecule has 1 nitrogen and oxygen atoms in total. The Balaban J connectivity index is 4.99. The zero-order valence-corrected chi connectivity index (χ0v) is 11.2. The normalized spacial score (nSPS) is 18.5. The summed E-state index contributed by atoms with van der Waals surface area (Å²) in [6.07, 6.45) is 11.7. The fourth-order valence-electron chi connectivity index (χ4n) is 2.08. The van der Waals surface area contributed by atoms with Gasteiger partial charge in [-0.2, -0.15) is 0 Å². The fourth-order valence-corrected chi connectivity index (χ4v) is 2.91. The molecular weight excluding hydrogens is 204 g/mol. The van der Waals surface area contributed by atoms with Crippen molar-refractivity contribution in [2.24, 2.45) is 5.92 Å². The summed E-state index contributed by atoms with van der Waals surface area (Å²) in [6, 6.07) is 0. The van der Waals surface area contributed by atoms with Crippen LogP contribution in [0.3, 0.4) is 0 Å². The average molecular weight is 228 g/mol. The van der Waals surface area contributed by atoms with Gasteiger partial charge in [0.2, 0.25) is 0 Å². The molecule has 0 fully saturated rings. The van der Waals surface area contributed by atoms with Crippen LogP contribution in [0.4, 0.5) is 0 Å². The highest BCUT2D eigenvalue weighted by Crippen LogP contribution is 2.39. The van der Waals surface area contributed by atoms with Crippen LogP contribution in [0.1, 0.15) is 47.0 Å². The number of allylic oxidation sites excluding steroid dienone is 2. The third kappa shape index (κ3) is 4.04. The van der Waals surface area contributed by atoms with Crippen LogP contribution in [0.5, 0.6) is 0 Å². The molecule has 0 aliphatic heterocycles. The van der Waals surface area contributed by atoms with E-state index in [1.54, 1.807) is 0 Å². The summed E-state index contributed by atoms with van der Waals surface area (Å²) in [4.78, 5) is 0. The zero-order chi connectivity index (χ0) is 11.7. The largest absolute Gasteiger partial charge is 0.329 e. The molecule has 1 N–H and O–H groups in total. The molecule has 0 amide bonds. The van der Waals surface area contributed by atoms with E-state index in [1.165, 1.54) is 0 Å². The summed E-state index contributed by atoms with van der Waals surface area (Å²) in [7, 11) is 0. The van der Waals surface area contributed by atoms with Crippen LogP contribution in [-0.2, 0) is 0 Å². The molecule has 0 spiro atoms. The van der Waals surface area contributed by atoms with Crippen LogP contribution < -0.4 is 0 Å². The van der Waals surface area contributed by atoms with Crippen LogP contribution >= 0.6 is 12.0 Å². The Morgan fingerprint density at radius 2 is 1.73 bits per heavy atom. The van der Waals surface area contributed by atoms with Gasteiger partial charge in [-0.1, -0.05) is 51.0 Å². The molecule has 0 aromatic carbocycles. The number of rotatable bonds is 7. The summed E-state index contributed by atoms with van der Waals surface area (Å²) >= 11 is 0.966. The Kier molecular flexibility index (Phi) is 7.89. The fraction of sp³-hybridized carbons (Fsp3) is 0.692. The molecule has 0 radical (unpaired) electrons. The van der Waals surface area contributed by atoms with Gasteiger partial charge in [0.15, 0.2) is 0 Å². The Bertz CT molecular complexity index is 197. The van der Waals surface area contributed by atoms with E-state index in [-0.39, 0.29) is 4.75 Å². The van der Waals surface area contributed by atoms with Gasteiger partial charge in [0.1, 0.15) is 0 Å². The van der Waals surface area contributed by atoms with Crippen molar-refractivity contribution in [3.8, 4) is 0 Å². The van der Waals surface area contributed by atoms with Gasteiger partial charge < -0.3 is 4.55 Å². The van der Waals surface area contributed by atoms with E-state index in [2.05, 4.69) is 26.0 Å². The van der Waals surface area contributed by atoms with Crippen molar-refractivity contribution < 1.29 is 4.55 Å². The minimum atomic E-state index is -0.228. The number of hydrogen-bond donors (Lipinski definition) is 1. The van der Waals surface area contributed by atoms with E-state index in [0.29, 0.717) is 5.92 Å². The van der Waals surface area contributed by atoms with Crippen LogP contribution in [0, 0.1) is 5.92 Å². The van der Waals surface area contributed by atoms with Crippen molar-refractivity contribution in [2.75, 3.05) is 0 Å². The SMILES string of the molecule is CC=CC(C=CC)(SO)C(CC)CCC. The summed E-state index contributed by atoms with van der Waals surface area (Å²) in [6.45, 7) is 8.40. The maximum absolute atomic E-state index is 9.58. The van der Waals surface area contributed by atoms with E-state index in [1.807, 2.05) is 26.0 Å². The second-order valence-corrected chi connectivity index (χ2v) is 4.73. The molecule has 0 aliphatic rings. The van der Waals surface area contributed by atoms with E-state index in [4.69, 9.17) is 0 Å². The average Bonchev–Trinajstić information content (AvgIpc) is 2.25. The molecule has 0 saturated heterocycles. The van der Waals surface area contributed by atoms with Gasteiger partial charge in [-0.25, -0.2) is 0 Å². The minimum Gasteiger partial charge on any atom is -0.329 e. The predicted molar refractivity (Wildman–Crippen MR) is 71.3 cm³/mol. The summed E-state index contributed by atoms with van der Waals surface area (Å²) in [5, 5.41) is 0. The van der Waals surface area contributed by atoms with Gasteiger partial charge in [0.25, 0.3) is 0 Å². The summed E-state index contributed by atoms with van der Waals surface area (Å²) in [5.74, 6) is 0.505. The molecule has 0 bridgehead atoms. The molecule has 88 valence electrons. The minimum absolute atomic E-state index is 0.228. The third-order valence-corrected chi connectivity index (χ3v) is 3.70. The second-order valence-electron chi connectivity index (χ2n) is 3.84. The molecule has 0 aromatic rings. The van der Waals surface area contributed by atoms with Crippen molar-refractivity contribution in [1.82, 2.24) is 0 Å². The van der Waals surface area contributed by atoms with Gasteiger partial charge in [-0.3, -0.25) is 0 Å². The van der Waals surface area contributed by atoms with Crippen molar-refractivity contribution in [2.45, 2.75) is 51.7 Å². The zero-order valence-electron chi connectivity index (χ0n) is 10.4. The van der Waals surface area contributed by atoms with Crippen molar-refractivity contribution in [3.63, 3.8) is 0 Å². The maximum atomic E-state index is 9.58. The monoisotopic (exact) mass is 228 g/mol. The van der Waals surface area contributed by atoms with Gasteiger partial charge >= 0.3 is 0 Å². The quantitative estimate of drug-likeness (QED) is 0.493. The van der Waals surface area contributed by atoms with Crippen LogP contribution in [0.2, 0.25) is 0 Å². The smallest absolute Gasteiger partial charge is 0.0806 e. The first-order chi connectivity index (χ1) is 7.20. The first-order valence-corrected chi connectivity index (χ1v) is 6.58. The highest BCUT2D eigenvalue weighted by atomic mass is 32.2. The third-order valence-electron chi connectivity index (χ3n) is 2.78. The maximum Gasteiger partial charge on any atom is 0.0806 e. The lowest BCUT2D eigenvalue weighted by Crippen LogP contribution is -2.29. The molecule has 0 heterocycles. The molecule has 1 unspecified atom stereocenters. The van der Waals surface area contributed by atoms with Gasteiger partial charge in [-0.15, -0.1) is 0 Å². The Hall–Kier alpha value is -0.210. The summed E-state index contributed by atoms with van der Waals surface area (Å²) in [5.41, 5.74) is 0. The van der Waals surface area contributed by atoms with Crippen LogP contribution in [-0.4, -0.2) is 9.30 Å². The van der Waals surface area contributed by atoms with E-state index >= 15 is 0 Å². The van der Waals surface area contributed by atoms with Crippen LogP contribution in [0.25, 0.3) is 0 Å². The molecule has 15 heavy (non-hydrogen) atoms. The van der Waals surface area contributed by atoms with Crippen molar-refractivity contribution >= 4 is 12.0 Å². The van der Waals surface area contributed by atoms with E-state index in [0.717, 1.165) is 31.3 Å². The lowest BCUT2D eigenvalue weighted by Gasteiger charge is -2.32. The highest BCUT2D eigenvalue weighted by Gasteiger charge is 2.32. The molecule has 0 saturated carbocycles. The Labute approximate surface area is 98.9 Å². The van der Waals surface area contributed by atoms with Gasteiger partial charge in [0, 0.05) is 12.0 Å². The lowest BCUT2D eigenvalue weighted by molar-refractivity contribution is 0.419. The Morgan fingerprint density at radius 3 is 2.00 bits per heavy atom. The molecular formula is C13H24OS. The highest BCUT2D eigenvalue weighted by molar-refractivity contribution is 7.95. The predicted octanol–water partition coefficient (Wildman–Crippen LogP) is 4.91. The standard InChI is InChI=1S/C13H24OS/c1-5-9-12(8-4)13(15-14,10-6-2)11-7-3/h6-7,10-12,14H,5,8-9H2,1-4H3. The molecule has 0 rings (SSSR count). The lowest BCUT2D eigenvalue weighted by atomic mass is 9.85. The first kappa shape index (κ1) is 14.8. The topological polar surface area (TPSA) is 20.2 Å². The Morgan fingerprint density at radius 1 is 1.20 bits per heavy atom. The summed E-state index contributed by atoms with van der Waals surface area (Å²) < 4.78 is 9.35. The van der Waals surface area contributed by atoms with Gasteiger partial charge in [-0.05, 0) is 26.2 Å². The van der Waals surface area contributed by atoms with Crippen LogP contribution in [0.15, 0.2) is 24.3 Å². The molecule has 1 atom stereocenters. The number of hydrogen-bond acceptors (Lipinski definition) is 2. The van der Waals surface area contributed by atoms with Crippen molar-refractivity contribution in [3.05, 3.63) is 24.3 Å². The van der Waals surface area contributed by atoms with Gasteiger partial charge in [0.05, 0.1) is 4.75 Å². The van der Waals surface area contributed by atoms with E-state index < -0.39 is 0 Å². The molecule has 2 heteroatoms. The second kappa shape index (κ2) is 8.00. The van der Waals surface area contributed by atoms with Crippen molar-refractivity contribution in [1.29, 1.82) is 0 Å². The first-order valence-electron chi connectivity index (χ1n) is 5.80. The molecule has 0 aliphatic carbocycles. The van der Waals surface area contributed by atoms with E-state index in [9.17, 15) is 4.55 Å².